The van der Waals surface area contributed by atoms with Crippen molar-refractivity contribution in [2.45, 2.75) is 89.8 Å². The number of rotatable bonds is 7. The third-order valence-electron chi connectivity index (χ3n) is 9.88. The maximum Gasteiger partial charge on any atom is 0.0992 e. The molecular weight excluding hydrogens is 508 g/mol. The maximum absolute atomic E-state index is 11.6. The van der Waals surface area contributed by atoms with Crippen molar-refractivity contribution >= 4 is 22.6 Å². The minimum Gasteiger partial charge on any atom is -0.388 e. The number of fused-ring (bicyclic) bond motifs is 2. The molecule has 0 radical (unpaired) electrons. The van der Waals surface area contributed by atoms with Crippen molar-refractivity contribution in [3.63, 3.8) is 0 Å². The van der Waals surface area contributed by atoms with Gasteiger partial charge in [0.05, 0.1) is 48.3 Å². The Balaban J connectivity index is 1.04. The lowest BCUT2D eigenvalue weighted by Crippen LogP contribution is -2.28. The van der Waals surface area contributed by atoms with E-state index < -0.39 is 12.2 Å². The third-order valence-corrected chi connectivity index (χ3v) is 10.2. The van der Waals surface area contributed by atoms with Crippen LogP contribution in [0.2, 0.25) is 5.02 Å². The molecule has 0 amide bonds. The highest BCUT2D eigenvalue weighted by Crippen LogP contribution is 2.46. The molecule has 4 aromatic rings. The fourth-order valence-corrected chi connectivity index (χ4v) is 7.95. The van der Waals surface area contributed by atoms with Crippen LogP contribution in [0.1, 0.15) is 106 Å². The zero-order valence-electron chi connectivity index (χ0n) is 23.1. The summed E-state index contributed by atoms with van der Waals surface area (Å²) in [6.45, 7) is 4.41. The van der Waals surface area contributed by atoms with Crippen LogP contribution in [0.4, 0.5) is 0 Å². The summed E-state index contributed by atoms with van der Waals surface area (Å²) >= 11 is 6.49. The predicted octanol–water partition coefficient (Wildman–Crippen LogP) is 7.53. The van der Waals surface area contributed by atoms with Crippen LogP contribution >= 0.6 is 11.6 Å². The summed E-state index contributed by atoms with van der Waals surface area (Å²) in [4.78, 5) is 8.57. The minimum atomic E-state index is -0.563. The van der Waals surface area contributed by atoms with Crippen LogP contribution in [0, 0.1) is 23.7 Å². The highest BCUT2D eigenvalue weighted by Gasteiger charge is 2.35. The number of aliphatic hydroxyl groups is 2. The van der Waals surface area contributed by atoms with Gasteiger partial charge in [0, 0.05) is 28.5 Å². The Labute approximate surface area is 236 Å². The number of aromatic nitrogens is 4. The van der Waals surface area contributed by atoms with E-state index in [-0.39, 0.29) is 0 Å². The molecule has 4 heterocycles. The summed E-state index contributed by atoms with van der Waals surface area (Å²) < 4.78 is 3.96. The van der Waals surface area contributed by atoms with Gasteiger partial charge in [-0.3, -0.25) is 0 Å². The molecule has 0 spiro atoms. The van der Waals surface area contributed by atoms with Crippen molar-refractivity contribution < 1.29 is 10.2 Å². The molecule has 2 aliphatic carbocycles. The number of halogens is 1. The summed E-state index contributed by atoms with van der Waals surface area (Å²) in [5.74, 6) is 2.72. The third kappa shape index (κ3) is 5.23. The van der Waals surface area contributed by atoms with Crippen molar-refractivity contribution in [2.75, 3.05) is 0 Å². The first-order valence-corrected chi connectivity index (χ1v) is 15.2. The number of hydrogen-bond donors (Lipinski definition) is 2. The van der Waals surface area contributed by atoms with Gasteiger partial charge in [0.25, 0.3) is 0 Å². The van der Waals surface area contributed by atoms with E-state index >= 15 is 0 Å². The standard InChI is InChI=1S/C32H41ClN4O2/c1-20(2)25-11-13-36-18-34-16-27(36)30(25)32(39)24-9-7-23(8-10-24)22-5-3-21(4-6-22)15-29(38)31-26(33)12-14-37-19-35-17-28(31)37/h11-14,16-24,29,32,38-39H,3-10,15H2,1-2H3. The molecule has 2 saturated carbocycles. The second kappa shape index (κ2) is 11.2. The first-order chi connectivity index (χ1) is 18.9. The Kier molecular flexibility index (Phi) is 7.71. The summed E-state index contributed by atoms with van der Waals surface area (Å²) in [5.41, 5.74) is 5.07. The van der Waals surface area contributed by atoms with E-state index in [1.165, 1.54) is 44.1 Å². The smallest absolute Gasteiger partial charge is 0.0992 e. The zero-order chi connectivity index (χ0) is 27.1. The number of nitrogens with zero attached hydrogens (tertiary/aromatic N) is 4. The second-order valence-electron chi connectivity index (χ2n) is 12.4. The molecule has 2 N–H and O–H groups in total. The zero-order valence-corrected chi connectivity index (χ0v) is 23.8. The number of hydrogen-bond acceptors (Lipinski definition) is 4. The first kappa shape index (κ1) is 26.8. The van der Waals surface area contributed by atoms with Crippen molar-refractivity contribution in [3.05, 3.63) is 71.3 Å². The highest BCUT2D eigenvalue weighted by molar-refractivity contribution is 6.31. The van der Waals surface area contributed by atoms with Crippen molar-refractivity contribution in [2.24, 2.45) is 23.7 Å². The molecule has 2 atom stereocenters. The molecule has 6 nitrogen and oxygen atoms in total. The molecule has 0 saturated heterocycles. The lowest BCUT2D eigenvalue weighted by molar-refractivity contribution is 0.0532. The van der Waals surface area contributed by atoms with Gasteiger partial charge in [-0.2, -0.15) is 0 Å². The Hall–Kier alpha value is -2.41. The van der Waals surface area contributed by atoms with Gasteiger partial charge >= 0.3 is 0 Å². The average molecular weight is 549 g/mol. The van der Waals surface area contributed by atoms with Gasteiger partial charge in [-0.25, -0.2) is 9.97 Å². The van der Waals surface area contributed by atoms with Crippen LogP contribution < -0.4 is 0 Å². The SMILES string of the molecule is CC(C)c1ccn2cncc2c1C(O)C1CCC(C2CCC(CC(O)c3c(Cl)ccn4cncc34)CC2)CC1. The van der Waals surface area contributed by atoms with E-state index in [1.807, 2.05) is 33.6 Å². The normalized spacial score (nSPS) is 25.9. The maximum atomic E-state index is 11.6. The van der Waals surface area contributed by atoms with Crippen LogP contribution in [0.3, 0.4) is 0 Å². The van der Waals surface area contributed by atoms with Gasteiger partial charge in [0.1, 0.15) is 0 Å². The van der Waals surface area contributed by atoms with Crippen LogP contribution in [0.25, 0.3) is 11.0 Å². The lowest BCUT2D eigenvalue weighted by atomic mass is 9.67. The van der Waals surface area contributed by atoms with Gasteiger partial charge < -0.3 is 19.0 Å². The Bertz CT molecular complexity index is 1410. The summed E-state index contributed by atoms with van der Waals surface area (Å²) in [7, 11) is 0. The molecule has 2 unspecified atom stereocenters. The molecule has 0 bridgehead atoms. The van der Waals surface area contributed by atoms with Crippen molar-refractivity contribution in [1.29, 1.82) is 0 Å². The fraction of sp³-hybridized carbons (Fsp3) is 0.562. The molecule has 2 fully saturated rings. The van der Waals surface area contributed by atoms with E-state index in [1.54, 1.807) is 12.5 Å². The van der Waals surface area contributed by atoms with Crippen molar-refractivity contribution in [1.82, 2.24) is 18.8 Å². The van der Waals surface area contributed by atoms with Crippen LogP contribution in [-0.2, 0) is 0 Å². The summed E-state index contributed by atoms with van der Waals surface area (Å²) in [5, 5.41) is 23.3. The molecule has 2 aliphatic rings. The molecule has 7 heteroatoms. The molecule has 6 rings (SSSR count). The summed E-state index contributed by atoms with van der Waals surface area (Å²) in [6.07, 6.45) is 20.4. The van der Waals surface area contributed by atoms with Crippen LogP contribution in [0.5, 0.6) is 0 Å². The van der Waals surface area contributed by atoms with Gasteiger partial charge in [-0.05, 0) is 92.2 Å². The molecule has 0 aromatic carbocycles. The predicted molar refractivity (Wildman–Crippen MR) is 155 cm³/mol. The van der Waals surface area contributed by atoms with E-state index in [0.29, 0.717) is 22.8 Å². The molecule has 39 heavy (non-hydrogen) atoms. The minimum absolute atomic E-state index is 0.308. The van der Waals surface area contributed by atoms with Gasteiger partial charge in [0.15, 0.2) is 0 Å². The van der Waals surface area contributed by atoms with Crippen LogP contribution in [0.15, 0.2) is 49.6 Å². The Morgan fingerprint density at radius 3 is 2.00 bits per heavy atom. The average Bonchev–Trinajstić information content (AvgIpc) is 3.62. The van der Waals surface area contributed by atoms with E-state index in [0.717, 1.165) is 53.3 Å². The van der Waals surface area contributed by atoms with Gasteiger partial charge in [0.2, 0.25) is 0 Å². The topological polar surface area (TPSA) is 75.1 Å². The van der Waals surface area contributed by atoms with E-state index in [2.05, 4.69) is 36.1 Å². The number of aliphatic hydroxyl groups excluding tert-OH is 2. The molecule has 0 aliphatic heterocycles. The fourth-order valence-electron chi connectivity index (χ4n) is 7.67. The second-order valence-corrected chi connectivity index (χ2v) is 12.8. The molecular formula is C32H41ClN4O2. The van der Waals surface area contributed by atoms with Gasteiger partial charge in [-0.15, -0.1) is 0 Å². The monoisotopic (exact) mass is 548 g/mol. The van der Waals surface area contributed by atoms with Crippen molar-refractivity contribution in [3.8, 4) is 0 Å². The van der Waals surface area contributed by atoms with Crippen LogP contribution in [-0.4, -0.2) is 29.0 Å². The Morgan fingerprint density at radius 1 is 0.821 bits per heavy atom. The quantitative estimate of drug-likeness (QED) is 0.250. The van der Waals surface area contributed by atoms with E-state index in [4.69, 9.17) is 11.6 Å². The lowest BCUT2D eigenvalue weighted by Gasteiger charge is -2.39. The van der Waals surface area contributed by atoms with Gasteiger partial charge in [-0.1, -0.05) is 38.3 Å². The van der Waals surface area contributed by atoms with E-state index in [9.17, 15) is 10.2 Å². The number of imidazole rings is 2. The molecule has 208 valence electrons. The Morgan fingerprint density at radius 2 is 1.38 bits per heavy atom. The molecule has 4 aromatic heterocycles. The first-order valence-electron chi connectivity index (χ1n) is 14.8. The summed E-state index contributed by atoms with van der Waals surface area (Å²) in [6, 6.07) is 4.00. The number of pyridine rings is 2. The highest BCUT2D eigenvalue weighted by atomic mass is 35.5. The largest absolute Gasteiger partial charge is 0.388 e.